The van der Waals surface area contributed by atoms with Crippen molar-refractivity contribution in [1.29, 1.82) is 0 Å². The predicted molar refractivity (Wildman–Crippen MR) is 86.7 cm³/mol. The molecule has 0 unspecified atom stereocenters. The number of rotatable bonds is 7. The summed E-state index contributed by atoms with van der Waals surface area (Å²) in [6, 6.07) is 8.63. The van der Waals surface area contributed by atoms with Crippen LogP contribution in [0.1, 0.15) is 37.8 Å². The van der Waals surface area contributed by atoms with Crippen molar-refractivity contribution < 1.29 is 8.42 Å². The number of hydrogen-bond donors (Lipinski definition) is 1. The summed E-state index contributed by atoms with van der Waals surface area (Å²) in [5, 5.41) is -0.351. The molecule has 0 saturated heterocycles. The van der Waals surface area contributed by atoms with Crippen molar-refractivity contribution in [3.63, 3.8) is 0 Å². The maximum absolute atomic E-state index is 11.6. The number of hydrogen-bond acceptors (Lipinski definition) is 3. The van der Waals surface area contributed by atoms with E-state index in [1.165, 1.54) is 11.1 Å². The maximum atomic E-state index is 11.6. The number of nitrogens with one attached hydrogen (secondary N) is 1. The fourth-order valence-electron chi connectivity index (χ4n) is 2.59. The number of fused-ring (bicyclic) bond motifs is 1. The van der Waals surface area contributed by atoms with Gasteiger partial charge in [-0.2, -0.15) is 0 Å². The van der Waals surface area contributed by atoms with Crippen LogP contribution in [-0.4, -0.2) is 38.2 Å². The van der Waals surface area contributed by atoms with Gasteiger partial charge in [-0.05, 0) is 50.8 Å². The smallest absolute Gasteiger partial charge is 0.213 e. The second-order valence-corrected chi connectivity index (χ2v) is 8.31. The molecule has 1 N–H and O–H groups in total. The topological polar surface area (TPSA) is 49.4 Å². The number of unbranched alkanes of at least 4 members (excludes halogenated alkanes) is 1. The van der Waals surface area contributed by atoms with Crippen LogP contribution in [0.4, 0.5) is 0 Å². The van der Waals surface area contributed by atoms with Crippen molar-refractivity contribution in [2.75, 3.05) is 19.6 Å². The molecule has 0 spiro atoms. The lowest BCUT2D eigenvalue weighted by molar-refractivity contribution is 0.249. The molecule has 1 aromatic rings. The molecule has 118 valence electrons. The number of benzene rings is 1. The Morgan fingerprint density at radius 3 is 2.62 bits per heavy atom. The minimum Gasteiger partial charge on any atom is -0.299 e. The average Bonchev–Trinajstić information content (AvgIpc) is 2.46. The zero-order valence-electron chi connectivity index (χ0n) is 13.0. The zero-order valence-corrected chi connectivity index (χ0v) is 13.8. The summed E-state index contributed by atoms with van der Waals surface area (Å²) in [4.78, 5) is 2.46. The van der Waals surface area contributed by atoms with E-state index in [0.29, 0.717) is 6.54 Å². The van der Waals surface area contributed by atoms with Gasteiger partial charge in [-0.3, -0.25) is 4.90 Å². The Bertz CT molecular complexity index is 555. The highest BCUT2D eigenvalue weighted by Crippen LogP contribution is 2.18. The monoisotopic (exact) mass is 310 g/mol. The summed E-state index contributed by atoms with van der Waals surface area (Å²) in [6.07, 6.45) is 3.04. The Morgan fingerprint density at radius 1 is 1.19 bits per heavy atom. The van der Waals surface area contributed by atoms with Crippen LogP contribution < -0.4 is 4.72 Å². The van der Waals surface area contributed by atoms with E-state index in [9.17, 15) is 8.42 Å². The third-order valence-corrected chi connectivity index (χ3v) is 5.88. The molecule has 4 nitrogen and oxygen atoms in total. The minimum atomic E-state index is -3.11. The fourth-order valence-corrected chi connectivity index (χ4v) is 3.35. The number of nitrogens with zero attached hydrogens (tertiary/aromatic N) is 1. The van der Waals surface area contributed by atoms with Crippen LogP contribution in [0, 0.1) is 0 Å². The Balaban J connectivity index is 1.67. The van der Waals surface area contributed by atoms with Gasteiger partial charge in [0.05, 0.1) is 5.25 Å². The third-order valence-electron chi connectivity index (χ3n) is 4.03. The van der Waals surface area contributed by atoms with Crippen LogP contribution in [-0.2, 0) is 23.0 Å². The first-order chi connectivity index (χ1) is 9.99. The zero-order chi connectivity index (χ0) is 15.3. The molecule has 0 atom stereocenters. The minimum absolute atomic E-state index is 0.351. The maximum Gasteiger partial charge on any atom is 0.213 e. The van der Waals surface area contributed by atoms with Gasteiger partial charge in [-0.25, -0.2) is 13.1 Å². The van der Waals surface area contributed by atoms with Gasteiger partial charge >= 0.3 is 0 Å². The summed E-state index contributed by atoms with van der Waals surface area (Å²) < 4.78 is 25.9. The Hall–Kier alpha value is -0.910. The lowest BCUT2D eigenvalue weighted by Gasteiger charge is -2.28. The van der Waals surface area contributed by atoms with Gasteiger partial charge in [0.2, 0.25) is 10.0 Å². The Kier molecular flexibility index (Phi) is 5.79. The molecule has 0 radical (unpaired) electrons. The lowest BCUT2D eigenvalue weighted by Crippen LogP contribution is -2.33. The van der Waals surface area contributed by atoms with Crippen molar-refractivity contribution in [2.24, 2.45) is 0 Å². The lowest BCUT2D eigenvalue weighted by atomic mass is 10.00. The molecule has 1 aliphatic rings. The first kappa shape index (κ1) is 16.5. The molecule has 1 aliphatic heterocycles. The van der Waals surface area contributed by atoms with E-state index < -0.39 is 10.0 Å². The van der Waals surface area contributed by atoms with Gasteiger partial charge in [0.25, 0.3) is 0 Å². The van der Waals surface area contributed by atoms with Crippen LogP contribution in [0.5, 0.6) is 0 Å². The highest BCUT2D eigenvalue weighted by Gasteiger charge is 2.16. The van der Waals surface area contributed by atoms with Gasteiger partial charge in [0.15, 0.2) is 0 Å². The van der Waals surface area contributed by atoms with Crippen molar-refractivity contribution in [3.8, 4) is 0 Å². The molecule has 1 aromatic carbocycles. The highest BCUT2D eigenvalue weighted by atomic mass is 32.2. The summed E-state index contributed by atoms with van der Waals surface area (Å²) in [5.74, 6) is 0. The summed E-state index contributed by atoms with van der Waals surface area (Å²) >= 11 is 0. The molecule has 1 heterocycles. The second-order valence-electron chi connectivity index (χ2n) is 5.99. The highest BCUT2D eigenvalue weighted by molar-refractivity contribution is 7.90. The van der Waals surface area contributed by atoms with E-state index in [1.54, 1.807) is 13.8 Å². The SMILES string of the molecule is CC(C)S(=O)(=O)NCCCCN1CCc2ccccc2C1. The van der Waals surface area contributed by atoms with Gasteiger partial charge in [0, 0.05) is 19.6 Å². The normalized spacial score (nSPS) is 16.1. The molecule has 5 heteroatoms. The molecule has 0 aliphatic carbocycles. The molecule has 0 fully saturated rings. The summed E-state index contributed by atoms with van der Waals surface area (Å²) in [7, 11) is -3.11. The van der Waals surface area contributed by atoms with Crippen LogP contribution in [0.3, 0.4) is 0 Å². The van der Waals surface area contributed by atoms with Gasteiger partial charge in [-0.15, -0.1) is 0 Å². The van der Waals surface area contributed by atoms with Crippen LogP contribution in [0.25, 0.3) is 0 Å². The van der Waals surface area contributed by atoms with Gasteiger partial charge in [0.1, 0.15) is 0 Å². The molecular formula is C16H26N2O2S. The molecule has 21 heavy (non-hydrogen) atoms. The van der Waals surface area contributed by atoms with Crippen LogP contribution in [0.15, 0.2) is 24.3 Å². The van der Waals surface area contributed by atoms with Crippen molar-refractivity contribution in [2.45, 2.75) is 44.9 Å². The van der Waals surface area contributed by atoms with E-state index in [4.69, 9.17) is 0 Å². The Labute approximate surface area is 128 Å². The fraction of sp³-hybridized carbons (Fsp3) is 0.625. The quantitative estimate of drug-likeness (QED) is 0.785. The Morgan fingerprint density at radius 2 is 1.90 bits per heavy atom. The van der Waals surface area contributed by atoms with E-state index >= 15 is 0 Å². The molecular weight excluding hydrogens is 284 g/mol. The first-order valence-electron chi connectivity index (χ1n) is 7.76. The van der Waals surface area contributed by atoms with Crippen molar-refractivity contribution in [1.82, 2.24) is 9.62 Å². The van der Waals surface area contributed by atoms with Crippen LogP contribution in [0.2, 0.25) is 0 Å². The van der Waals surface area contributed by atoms with Crippen LogP contribution >= 0.6 is 0 Å². The van der Waals surface area contributed by atoms with E-state index in [1.807, 2.05) is 0 Å². The molecule has 0 amide bonds. The first-order valence-corrected chi connectivity index (χ1v) is 9.31. The predicted octanol–water partition coefficient (Wildman–Crippen LogP) is 2.15. The molecule has 0 saturated carbocycles. The van der Waals surface area contributed by atoms with Gasteiger partial charge < -0.3 is 0 Å². The molecule has 0 aromatic heterocycles. The number of sulfonamides is 1. The van der Waals surface area contributed by atoms with E-state index in [0.717, 1.165) is 38.9 Å². The largest absolute Gasteiger partial charge is 0.299 e. The third kappa shape index (κ3) is 4.80. The molecule has 2 rings (SSSR count). The van der Waals surface area contributed by atoms with E-state index in [-0.39, 0.29) is 5.25 Å². The van der Waals surface area contributed by atoms with E-state index in [2.05, 4.69) is 33.9 Å². The van der Waals surface area contributed by atoms with Gasteiger partial charge in [-0.1, -0.05) is 24.3 Å². The average molecular weight is 310 g/mol. The standard InChI is InChI=1S/C16H26N2O2S/c1-14(2)21(19,20)17-10-5-6-11-18-12-9-15-7-3-4-8-16(15)13-18/h3-4,7-8,14,17H,5-6,9-13H2,1-2H3. The summed E-state index contributed by atoms with van der Waals surface area (Å²) in [5.41, 5.74) is 2.91. The van der Waals surface area contributed by atoms with Crippen molar-refractivity contribution in [3.05, 3.63) is 35.4 Å². The van der Waals surface area contributed by atoms with Crippen molar-refractivity contribution >= 4 is 10.0 Å². The summed E-state index contributed by atoms with van der Waals surface area (Å²) in [6.45, 7) is 7.12. The second kappa shape index (κ2) is 7.38. The molecule has 0 bridgehead atoms.